The maximum atomic E-state index is 2.44. The molecule has 0 atom stereocenters. The molecule has 0 bridgehead atoms. The second kappa shape index (κ2) is 10.4. The average Bonchev–Trinajstić information content (AvgIpc) is 3.46. The summed E-state index contributed by atoms with van der Waals surface area (Å²) in [4.78, 5) is 2.44. The first-order chi connectivity index (χ1) is 23.8. The molecular weight excluding hydrogens is 579 g/mol. The topological polar surface area (TPSA) is 3.24 Å². The largest absolute Gasteiger partial charge is 0.310 e. The van der Waals surface area contributed by atoms with E-state index in [-0.39, 0.29) is 0 Å². The van der Waals surface area contributed by atoms with Crippen molar-refractivity contribution in [3.05, 3.63) is 210 Å². The molecular formula is C47H31N. The summed E-state index contributed by atoms with van der Waals surface area (Å²) in [7, 11) is 0. The average molecular weight is 610 g/mol. The number of para-hydroxylation sites is 3. The second-order valence-corrected chi connectivity index (χ2v) is 12.8. The van der Waals surface area contributed by atoms with Gasteiger partial charge in [0, 0.05) is 5.69 Å². The third kappa shape index (κ3) is 3.67. The van der Waals surface area contributed by atoms with Crippen LogP contribution in [0.2, 0.25) is 0 Å². The van der Waals surface area contributed by atoms with E-state index in [2.05, 4.69) is 193 Å². The van der Waals surface area contributed by atoms with Gasteiger partial charge >= 0.3 is 0 Å². The van der Waals surface area contributed by atoms with Crippen LogP contribution in [0.5, 0.6) is 0 Å². The summed E-state index contributed by atoms with van der Waals surface area (Å²) in [5, 5.41) is 2.54. The molecule has 0 aromatic heterocycles. The number of fused-ring (bicyclic) bond motifs is 10. The fraction of sp³-hybridized carbons (Fsp3) is 0.0213. The van der Waals surface area contributed by atoms with Gasteiger partial charge < -0.3 is 4.90 Å². The standard InChI is InChI=1S/C47H31N/c1-2-16-35(17-3-1)48-44-26-10-8-24-42(44)47(43-25-9-11-27-45(43)48)41-23-7-6-19-39(41)40-22-13-21-38(46(40)47)34-30-28-33(29-31-34)37-20-12-15-32-14-4-5-18-36(32)37/h1-31H. The van der Waals surface area contributed by atoms with E-state index in [1.54, 1.807) is 0 Å². The lowest BCUT2D eigenvalue weighted by atomic mass is 9.63. The predicted molar refractivity (Wildman–Crippen MR) is 200 cm³/mol. The summed E-state index contributed by atoms with van der Waals surface area (Å²) in [5.74, 6) is 0. The molecule has 8 aromatic rings. The molecule has 1 aliphatic heterocycles. The Hall–Kier alpha value is -6.18. The molecule has 0 fully saturated rings. The minimum absolute atomic E-state index is 0.491. The zero-order chi connectivity index (χ0) is 31.7. The van der Waals surface area contributed by atoms with Gasteiger partial charge in [0.2, 0.25) is 0 Å². The summed E-state index contributed by atoms with van der Waals surface area (Å²) < 4.78 is 0. The summed E-state index contributed by atoms with van der Waals surface area (Å²) in [5.41, 5.74) is 16.0. The SMILES string of the molecule is c1ccc(N2c3ccccc3C3(c4ccccc4-c4cccc(-c5ccc(-c6cccc7ccccc67)cc5)c43)c3ccccc32)cc1. The Kier molecular flexibility index (Phi) is 5.86. The Labute approximate surface area is 281 Å². The normalized spacial score (nSPS) is 13.5. The monoisotopic (exact) mass is 609 g/mol. The fourth-order valence-electron chi connectivity index (χ4n) is 8.57. The zero-order valence-corrected chi connectivity index (χ0v) is 26.3. The molecule has 1 nitrogen and oxygen atoms in total. The zero-order valence-electron chi connectivity index (χ0n) is 26.3. The van der Waals surface area contributed by atoms with Crippen LogP contribution in [0.4, 0.5) is 17.1 Å². The number of hydrogen-bond donors (Lipinski definition) is 0. The molecule has 48 heavy (non-hydrogen) atoms. The van der Waals surface area contributed by atoms with Gasteiger partial charge in [0.25, 0.3) is 0 Å². The smallest absolute Gasteiger partial charge is 0.0760 e. The molecule has 0 saturated carbocycles. The van der Waals surface area contributed by atoms with Crippen molar-refractivity contribution in [1.82, 2.24) is 0 Å². The van der Waals surface area contributed by atoms with Crippen molar-refractivity contribution in [2.75, 3.05) is 4.90 Å². The van der Waals surface area contributed by atoms with Crippen LogP contribution in [0, 0.1) is 0 Å². The molecule has 1 spiro atoms. The van der Waals surface area contributed by atoms with Crippen LogP contribution >= 0.6 is 0 Å². The van der Waals surface area contributed by atoms with Crippen LogP contribution in [0.25, 0.3) is 44.2 Å². The Morgan fingerprint density at radius 3 is 1.58 bits per heavy atom. The van der Waals surface area contributed by atoms with Gasteiger partial charge in [-0.1, -0.05) is 164 Å². The first-order valence-corrected chi connectivity index (χ1v) is 16.7. The van der Waals surface area contributed by atoms with E-state index in [1.165, 1.54) is 77.8 Å². The van der Waals surface area contributed by atoms with Crippen LogP contribution < -0.4 is 4.90 Å². The van der Waals surface area contributed by atoms with Gasteiger partial charge in [0.1, 0.15) is 0 Å². The molecule has 1 heterocycles. The van der Waals surface area contributed by atoms with E-state index in [9.17, 15) is 0 Å². The molecule has 224 valence electrons. The molecule has 1 aliphatic carbocycles. The van der Waals surface area contributed by atoms with Gasteiger partial charge in [-0.25, -0.2) is 0 Å². The van der Waals surface area contributed by atoms with Gasteiger partial charge in [-0.15, -0.1) is 0 Å². The van der Waals surface area contributed by atoms with Crippen molar-refractivity contribution in [2.45, 2.75) is 5.41 Å². The second-order valence-electron chi connectivity index (χ2n) is 12.8. The Bertz CT molecular complexity index is 2450. The number of nitrogens with zero attached hydrogens (tertiary/aromatic N) is 1. The van der Waals surface area contributed by atoms with Gasteiger partial charge in [0.05, 0.1) is 16.8 Å². The summed E-state index contributed by atoms with van der Waals surface area (Å²) >= 11 is 0. The quantitative estimate of drug-likeness (QED) is 0.193. The first kappa shape index (κ1) is 27.0. The molecule has 1 heteroatoms. The lowest BCUT2D eigenvalue weighted by Crippen LogP contribution is -2.36. The molecule has 0 radical (unpaired) electrons. The molecule has 8 aromatic carbocycles. The molecule has 0 unspecified atom stereocenters. The van der Waals surface area contributed by atoms with Crippen LogP contribution in [-0.2, 0) is 5.41 Å². The van der Waals surface area contributed by atoms with Crippen molar-refractivity contribution in [1.29, 1.82) is 0 Å². The van der Waals surface area contributed by atoms with Crippen molar-refractivity contribution < 1.29 is 0 Å². The molecule has 0 amide bonds. The van der Waals surface area contributed by atoms with Crippen LogP contribution in [0.3, 0.4) is 0 Å². The Morgan fingerprint density at radius 1 is 0.333 bits per heavy atom. The van der Waals surface area contributed by atoms with Gasteiger partial charge in [0.15, 0.2) is 0 Å². The predicted octanol–water partition coefficient (Wildman–Crippen LogP) is 12.3. The highest BCUT2D eigenvalue weighted by atomic mass is 15.2. The lowest BCUT2D eigenvalue weighted by Gasteiger charge is -2.45. The summed E-state index contributed by atoms with van der Waals surface area (Å²) in [6, 6.07) is 69.3. The van der Waals surface area contributed by atoms with Crippen LogP contribution in [0.1, 0.15) is 22.3 Å². The molecule has 2 aliphatic rings. The molecule has 0 saturated heterocycles. The van der Waals surface area contributed by atoms with Gasteiger partial charge in [-0.2, -0.15) is 0 Å². The van der Waals surface area contributed by atoms with E-state index in [0.29, 0.717) is 0 Å². The number of hydrogen-bond acceptors (Lipinski definition) is 1. The molecule has 0 N–H and O–H groups in total. The maximum Gasteiger partial charge on any atom is 0.0760 e. The highest BCUT2D eigenvalue weighted by Gasteiger charge is 2.52. The lowest BCUT2D eigenvalue weighted by molar-refractivity contribution is 0.754. The van der Waals surface area contributed by atoms with Crippen LogP contribution in [-0.4, -0.2) is 0 Å². The minimum Gasteiger partial charge on any atom is -0.310 e. The first-order valence-electron chi connectivity index (χ1n) is 16.7. The maximum absolute atomic E-state index is 2.44. The van der Waals surface area contributed by atoms with Crippen molar-refractivity contribution in [3.8, 4) is 33.4 Å². The number of anilines is 3. The van der Waals surface area contributed by atoms with E-state index in [4.69, 9.17) is 0 Å². The van der Waals surface area contributed by atoms with E-state index in [0.717, 1.165) is 5.69 Å². The van der Waals surface area contributed by atoms with Crippen molar-refractivity contribution in [2.24, 2.45) is 0 Å². The number of benzene rings is 8. The van der Waals surface area contributed by atoms with E-state index >= 15 is 0 Å². The Balaban J connectivity index is 1.25. The van der Waals surface area contributed by atoms with Gasteiger partial charge in [-0.3, -0.25) is 0 Å². The van der Waals surface area contributed by atoms with E-state index in [1.807, 2.05) is 0 Å². The highest BCUT2D eigenvalue weighted by Crippen LogP contribution is 2.64. The number of rotatable bonds is 3. The van der Waals surface area contributed by atoms with Gasteiger partial charge in [-0.05, 0) is 90.7 Å². The summed E-state index contributed by atoms with van der Waals surface area (Å²) in [6.07, 6.45) is 0. The van der Waals surface area contributed by atoms with Crippen molar-refractivity contribution in [3.63, 3.8) is 0 Å². The third-order valence-corrected chi connectivity index (χ3v) is 10.5. The van der Waals surface area contributed by atoms with E-state index < -0.39 is 5.41 Å². The highest BCUT2D eigenvalue weighted by molar-refractivity contribution is 6.00. The molecule has 10 rings (SSSR count). The third-order valence-electron chi connectivity index (χ3n) is 10.5. The summed E-state index contributed by atoms with van der Waals surface area (Å²) in [6.45, 7) is 0. The van der Waals surface area contributed by atoms with Crippen molar-refractivity contribution >= 4 is 27.8 Å². The fourth-order valence-corrected chi connectivity index (χ4v) is 8.57. The minimum atomic E-state index is -0.491. The Morgan fingerprint density at radius 2 is 0.833 bits per heavy atom. The van der Waals surface area contributed by atoms with Crippen LogP contribution in [0.15, 0.2) is 188 Å².